The van der Waals surface area contributed by atoms with E-state index in [1.165, 1.54) is 0 Å². The second kappa shape index (κ2) is 0.980. The van der Waals surface area contributed by atoms with Crippen LogP contribution in [0.25, 0.3) is 0 Å². The molecule has 4 heteroatoms. The quantitative estimate of drug-likeness (QED) is 0.336. The minimum atomic E-state index is -0.0833. The van der Waals surface area contributed by atoms with Gasteiger partial charge in [-0.25, -0.2) is 0 Å². The van der Waals surface area contributed by atoms with Crippen molar-refractivity contribution in [2.24, 2.45) is 0 Å². The summed E-state index contributed by atoms with van der Waals surface area (Å²) in [6.45, 7) is 0. The highest BCUT2D eigenvalue weighted by Crippen LogP contribution is 1.64. The molecule has 0 atom stereocenters. The number of hydrogen-bond donors (Lipinski definition) is 1. The molecule has 1 fully saturated rings. The van der Waals surface area contributed by atoms with E-state index in [0.717, 1.165) is 0 Å². The zero-order valence-corrected chi connectivity index (χ0v) is 5.15. The average Bonchev–Trinajstić information content (AvgIpc) is 0.722. The van der Waals surface area contributed by atoms with E-state index in [2.05, 4.69) is 4.65 Å². The van der Waals surface area contributed by atoms with Gasteiger partial charge >= 0.3 is 0 Å². The Morgan fingerprint density at radius 3 is 1.75 bits per heavy atom. The average molecular weight is 91.2 g/mol. The molecule has 0 radical (unpaired) electrons. The van der Waals surface area contributed by atoms with Gasteiger partial charge in [0.15, 0.2) is 0 Å². The standard InChI is InChI=1S/H5NOSi2/c1-3-2-4-1/h1H,3-4H2. The Kier molecular flexibility index (Phi) is 0.633. The second-order valence-corrected chi connectivity index (χ2v) is 4.95. The van der Waals surface area contributed by atoms with E-state index in [4.69, 9.17) is 4.12 Å². The van der Waals surface area contributed by atoms with Crippen LogP contribution in [0.3, 0.4) is 0 Å². The molecule has 0 bridgehead atoms. The van der Waals surface area contributed by atoms with Crippen LogP contribution in [0.1, 0.15) is 0 Å². The Hall–Kier alpha value is 0.354. The van der Waals surface area contributed by atoms with E-state index < -0.39 is 0 Å². The summed E-state index contributed by atoms with van der Waals surface area (Å²) >= 11 is 0. The Morgan fingerprint density at radius 1 is 1.50 bits per heavy atom. The van der Waals surface area contributed by atoms with Crippen molar-refractivity contribution in [2.45, 2.75) is 0 Å². The van der Waals surface area contributed by atoms with Gasteiger partial charge in [-0.2, -0.15) is 0 Å². The van der Waals surface area contributed by atoms with Gasteiger partial charge in [-0.05, 0) is 0 Å². The van der Waals surface area contributed by atoms with Crippen LogP contribution in [0.5, 0.6) is 0 Å². The highest BCUT2D eigenvalue weighted by atomic mass is 28.4. The minimum Gasteiger partial charge on any atom is -0.442 e. The summed E-state index contributed by atoms with van der Waals surface area (Å²) in [6.07, 6.45) is 0. The second-order valence-electron chi connectivity index (χ2n) is 0.743. The van der Waals surface area contributed by atoms with E-state index in [9.17, 15) is 0 Å². The van der Waals surface area contributed by atoms with E-state index in [1.54, 1.807) is 0 Å². The molecule has 0 unspecified atom stereocenters. The Morgan fingerprint density at radius 2 is 1.75 bits per heavy atom. The molecular formula is H5NOSi2. The van der Waals surface area contributed by atoms with Gasteiger partial charge in [0, 0.05) is 0 Å². The van der Waals surface area contributed by atoms with Crippen LogP contribution < -0.4 is 4.65 Å². The molecule has 0 saturated carbocycles. The number of nitrogens with one attached hydrogen (secondary N) is 1. The van der Waals surface area contributed by atoms with Gasteiger partial charge in [0.1, 0.15) is 0 Å². The Bertz CT molecular complexity index is 14.0. The summed E-state index contributed by atoms with van der Waals surface area (Å²) < 4.78 is 8.06. The fourth-order valence-electron chi connectivity index (χ4n) is 0.102. The van der Waals surface area contributed by atoms with E-state index >= 15 is 0 Å². The van der Waals surface area contributed by atoms with Gasteiger partial charge in [0.05, 0.1) is 0 Å². The highest BCUT2D eigenvalue weighted by Gasteiger charge is 1.94. The van der Waals surface area contributed by atoms with E-state index in [1.807, 2.05) is 0 Å². The van der Waals surface area contributed by atoms with Crippen LogP contribution >= 0.6 is 0 Å². The van der Waals surface area contributed by atoms with Crippen molar-refractivity contribution in [1.29, 1.82) is 0 Å². The van der Waals surface area contributed by atoms with Crippen LogP contribution in [0.2, 0.25) is 0 Å². The number of rotatable bonds is 0. The first-order chi connectivity index (χ1) is 2.00. The summed E-state index contributed by atoms with van der Waals surface area (Å²) in [6, 6.07) is 0. The lowest BCUT2D eigenvalue weighted by Crippen LogP contribution is -2.41. The van der Waals surface area contributed by atoms with Gasteiger partial charge < -0.3 is 8.76 Å². The molecular weight excluding hydrogens is 86.2 g/mol. The monoisotopic (exact) mass is 91.0 g/mol. The van der Waals surface area contributed by atoms with Gasteiger partial charge in [0.2, 0.25) is 19.8 Å². The zero-order valence-electron chi connectivity index (χ0n) is 2.32. The van der Waals surface area contributed by atoms with Gasteiger partial charge in [-0.15, -0.1) is 0 Å². The first-order valence-electron chi connectivity index (χ1n) is 1.28. The van der Waals surface area contributed by atoms with Crippen molar-refractivity contribution in [3.8, 4) is 0 Å². The van der Waals surface area contributed by atoms with E-state index in [0.29, 0.717) is 0 Å². The van der Waals surface area contributed by atoms with Crippen LogP contribution in [0.15, 0.2) is 0 Å². The summed E-state index contributed by atoms with van der Waals surface area (Å²) in [5, 5.41) is 0. The molecule has 0 aromatic rings. The first kappa shape index (κ1) is 2.58. The fourth-order valence-corrected chi connectivity index (χ4v) is 0.919. The lowest BCUT2D eigenvalue weighted by atomic mass is 13.9. The van der Waals surface area contributed by atoms with Crippen LogP contribution in [0.4, 0.5) is 0 Å². The van der Waals surface area contributed by atoms with Crippen molar-refractivity contribution in [3.63, 3.8) is 0 Å². The summed E-state index contributed by atoms with van der Waals surface area (Å²) in [7, 11) is -0.167. The molecule has 1 heterocycles. The normalized spacial score (nSPS) is 36.0. The maximum absolute atomic E-state index is 4.89. The topological polar surface area (TPSA) is 21.3 Å². The zero-order chi connectivity index (χ0) is 2.83. The lowest BCUT2D eigenvalue weighted by molar-refractivity contribution is 0.576. The molecule has 24 valence electrons. The predicted molar refractivity (Wildman–Crippen MR) is 21.3 cm³/mol. The maximum Gasteiger partial charge on any atom is 0.219 e. The molecule has 1 aliphatic heterocycles. The predicted octanol–water partition coefficient (Wildman–Crippen LogP) is -2.40. The smallest absolute Gasteiger partial charge is 0.219 e. The summed E-state index contributed by atoms with van der Waals surface area (Å²) in [5.74, 6) is 0. The largest absolute Gasteiger partial charge is 0.442 e. The van der Waals surface area contributed by atoms with Crippen LogP contribution in [-0.4, -0.2) is 19.8 Å². The molecule has 0 aromatic carbocycles. The summed E-state index contributed by atoms with van der Waals surface area (Å²) in [5.41, 5.74) is 0. The molecule has 1 rings (SSSR count). The molecule has 1 N–H and O–H groups in total. The third kappa shape index (κ3) is 0.228. The van der Waals surface area contributed by atoms with Gasteiger partial charge in [-0.3, -0.25) is 0 Å². The van der Waals surface area contributed by atoms with Gasteiger partial charge in [0.25, 0.3) is 0 Å². The van der Waals surface area contributed by atoms with Crippen molar-refractivity contribution in [3.05, 3.63) is 0 Å². The SMILES string of the molecule is N1[SiH2]O[SiH2]1. The molecule has 0 aliphatic carbocycles. The molecule has 0 aromatic heterocycles. The maximum atomic E-state index is 4.89. The van der Waals surface area contributed by atoms with Crippen molar-refractivity contribution >= 4 is 19.8 Å². The molecule has 1 saturated heterocycles. The summed E-state index contributed by atoms with van der Waals surface area (Å²) in [4.78, 5) is 0. The van der Waals surface area contributed by atoms with Crippen molar-refractivity contribution < 1.29 is 4.12 Å². The molecule has 1 aliphatic rings. The van der Waals surface area contributed by atoms with Gasteiger partial charge in [-0.1, -0.05) is 0 Å². The molecule has 0 amide bonds. The van der Waals surface area contributed by atoms with Crippen LogP contribution in [0, 0.1) is 0 Å². The third-order valence-electron chi connectivity index (χ3n) is 0.408. The fraction of sp³-hybridized carbons (Fsp3) is 0. The van der Waals surface area contributed by atoms with E-state index in [-0.39, 0.29) is 19.8 Å². The molecule has 2 nitrogen and oxygen atoms in total. The Balaban J connectivity index is 2.00. The molecule has 4 heavy (non-hydrogen) atoms. The first-order valence-corrected chi connectivity index (χ1v) is 3.85. The number of hydrogen-bond acceptors (Lipinski definition) is 2. The highest BCUT2D eigenvalue weighted by molar-refractivity contribution is 6.57. The van der Waals surface area contributed by atoms with Crippen LogP contribution in [-0.2, 0) is 4.12 Å². The van der Waals surface area contributed by atoms with Crippen molar-refractivity contribution in [2.75, 3.05) is 0 Å². The minimum absolute atomic E-state index is 0.0833. The lowest BCUT2D eigenvalue weighted by Gasteiger charge is -2.11. The molecule has 0 spiro atoms. The Labute approximate surface area is 29.6 Å². The third-order valence-corrected chi connectivity index (χ3v) is 3.67. The van der Waals surface area contributed by atoms with Crippen molar-refractivity contribution in [1.82, 2.24) is 4.65 Å².